The number of carbonyl (C=O) groups is 1. The van der Waals surface area contributed by atoms with Gasteiger partial charge in [0.15, 0.2) is 0 Å². The molecule has 0 aliphatic carbocycles. The molecule has 1 saturated heterocycles. The summed E-state index contributed by atoms with van der Waals surface area (Å²) in [5.41, 5.74) is 0.532. The van der Waals surface area contributed by atoms with Gasteiger partial charge >= 0.3 is 0 Å². The van der Waals surface area contributed by atoms with Gasteiger partial charge in [0, 0.05) is 24.7 Å². The monoisotopic (exact) mass is 371 g/mol. The van der Waals surface area contributed by atoms with E-state index in [2.05, 4.69) is 10.1 Å². The Morgan fingerprint density at radius 1 is 1.23 bits per heavy atom. The molecule has 3 aromatic rings. The van der Waals surface area contributed by atoms with Crippen molar-refractivity contribution < 1.29 is 18.8 Å². The van der Waals surface area contributed by atoms with Crippen molar-refractivity contribution in [2.45, 2.75) is 5.92 Å². The smallest absolute Gasteiger partial charge is 0.254 e. The van der Waals surface area contributed by atoms with Gasteiger partial charge in [0.1, 0.15) is 11.5 Å². The molecule has 0 radical (unpaired) electrons. The van der Waals surface area contributed by atoms with Gasteiger partial charge in [0.05, 0.1) is 25.0 Å². The Labute approximate surface area is 154 Å². The van der Waals surface area contributed by atoms with Crippen LogP contribution in [0.4, 0.5) is 0 Å². The Kier molecular flexibility index (Phi) is 4.34. The largest absolute Gasteiger partial charge is 0.497 e. The van der Waals surface area contributed by atoms with Gasteiger partial charge in [-0.25, -0.2) is 0 Å². The maximum absolute atomic E-state index is 12.7. The van der Waals surface area contributed by atoms with E-state index in [1.54, 1.807) is 48.7 Å². The molecule has 134 valence electrons. The zero-order valence-electron chi connectivity index (χ0n) is 14.3. The third kappa shape index (κ3) is 3.03. The van der Waals surface area contributed by atoms with Gasteiger partial charge in [0.25, 0.3) is 5.91 Å². The Morgan fingerprint density at radius 2 is 1.96 bits per heavy atom. The van der Waals surface area contributed by atoms with Crippen LogP contribution in [0, 0.1) is 0 Å². The van der Waals surface area contributed by atoms with Gasteiger partial charge in [-0.15, -0.1) is 11.3 Å². The molecule has 1 aliphatic rings. The van der Waals surface area contributed by atoms with Crippen LogP contribution < -0.4 is 9.47 Å². The highest BCUT2D eigenvalue weighted by Crippen LogP contribution is 2.31. The first-order chi connectivity index (χ1) is 12.7. The minimum absolute atomic E-state index is 0.0627. The summed E-state index contributed by atoms with van der Waals surface area (Å²) in [4.78, 5) is 19.8. The number of carbonyl (C=O) groups excluding carboxylic acids is 1. The van der Waals surface area contributed by atoms with Crippen molar-refractivity contribution in [1.29, 1.82) is 0 Å². The number of aromatic nitrogens is 2. The Hall–Kier alpha value is -2.87. The van der Waals surface area contributed by atoms with E-state index in [0.29, 0.717) is 41.9 Å². The van der Waals surface area contributed by atoms with E-state index in [1.165, 1.54) is 0 Å². The van der Waals surface area contributed by atoms with E-state index < -0.39 is 0 Å². The van der Waals surface area contributed by atoms with Crippen molar-refractivity contribution in [3.63, 3.8) is 0 Å². The number of benzene rings is 1. The van der Waals surface area contributed by atoms with E-state index in [-0.39, 0.29) is 11.8 Å². The highest BCUT2D eigenvalue weighted by atomic mass is 32.1. The molecule has 0 unspecified atom stereocenters. The highest BCUT2D eigenvalue weighted by Gasteiger charge is 2.36. The van der Waals surface area contributed by atoms with Crippen LogP contribution >= 0.6 is 11.3 Å². The molecule has 1 aliphatic heterocycles. The second kappa shape index (κ2) is 6.80. The summed E-state index contributed by atoms with van der Waals surface area (Å²) in [6.07, 6.45) is 0. The van der Waals surface area contributed by atoms with Crippen molar-refractivity contribution in [2.24, 2.45) is 0 Å². The van der Waals surface area contributed by atoms with Gasteiger partial charge < -0.3 is 18.9 Å². The zero-order chi connectivity index (χ0) is 18.1. The Morgan fingerprint density at radius 3 is 2.58 bits per heavy atom. The molecule has 0 atom stereocenters. The molecule has 0 bridgehead atoms. The van der Waals surface area contributed by atoms with Gasteiger partial charge in [0.2, 0.25) is 11.7 Å². The third-order valence-corrected chi connectivity index (χ3v) is 5.17. The SMILES string of the molecule is COc1cc(OC)cc(C(=O)N2CC(c3nc(-c4cccs4)no3)C2)c1. The zero-order valence-corrected chi connectivity index (χ0v) is 15.2. The molecule has 1 fully saturated rings. The fourth-order valence-corrected chi connectivity index (χ4v) is 3.47. The number of amides is 1. The summed E-state index contributed by atoms with van der Waals surface area (Å²) >= 11 is 1.56. The lowest BCUT2D eigenvalue weighted by Gasteiger charge is -2.37. The predicted octanol–water partition coefficient (Wildman–Crippen LogP) is 3.05. The maximum Gasteiger partial charge on any atom is 0.254 e. The number of nitrogens with zero attached hydrogens (tertiary/aromatic N) is 3. The number of methoxy groups -OCH3 is 2. The number of hydrogen-bond donors (Lipinski definition) is 0. The number of likely N-dealkylation sites (tertiary alicyclic amines) is 1. The molecule has 8 heteroatoms. The van der Waals surface area contributed by atoms with Gasteiger partial charge in [-0.1, -0.05) is 11.2 Å². The third-order valence-electron chi connectivity index (χ3n) is 4.30. The van der Waals surface area contributed by atoms with E-state index >= 15 is 0 Å². The minimum atomic E-state index is -0.0727. The Bertz CT molecular complexity index is 894. The number of ether oxygens (including phenoxy) is 2. The van der Waals surface area contributed by atoms with Crippen molar-refractivity contribution in [2.75, 3.05) is 27.3 Å². The number of thiophene rings is 1. The standard InChI is InChI=1S/C18H17N3O4S/c1-23-13-6-11(7-14(8-13)24-2)18(22)21-9-12(10-21)17-19-16(20-25-17)15-4-3-5-26-15/h3-8,12H,9-10H2,1-2H3. The van der Waals surface area contributed by atoms with E-state index in [9.17, 15) is 4.79 Å². The van der Waals surface area contributed by atoms with E-state index in [1.807, 2.05) is 17.5 Å². The molecule has 26 heavy (non-hydrogen) atoms. The average Bonchev–Trinajstić information content (AvgIpc) is 3.31. The highest BCUT2D eigenvalue weighted by molar-refractivity contribution is 7.13. The van der Waals surface area contributed by atoms with Crippen molar-refractivity contribution in [1.82, 2.24) is 15.0 Å². The molecule has 1 aromatic carbocycles. The van der Waals surface area contributed by atoms with Gasteiger partial charge in [-0.05, 0) is 23.6 Å². The molecule has 2 aromatic heterocycles. The Balaban J connectivity index is 1.44. The normalized spacial score (nSPS) is 14.2. The van der Waals surface area contributed by atoms with Crippen LogP contribution in [0.15, 0.2) is 40.2 Å². The topological polar surface area (TPSA) is 77.7 Å². The summed E-state index contributed by atoms with van der Waals surface area (Å²) < 4.78 is 15.8. The van der Waals surface area contributed by atoms with Crippen molar-refractivity contribution in [3.8, 4) is 22.2 Å². The first-order valence-electron chi connectivity index (χ1n) is 8.07. The molecule has 4 rings (SSSR count). The van der Waals surface area contributed by atoms with Crippen LogP contribution in [-0.2, 0) is 0 Å². The fourth-order valence-electron chi connectivity index (χ4n) is 2.82. The summed E-state index contributed by atoms with van der Waals surface area (Å²) in [5.74, 6) is 2.33. The summed E-state index contributed by atoms with van der Waals surface area (Å²) in [6, 6.07) is 9.05. The molecular formula is C18H17N3O4S. The molecule has 7 nitrogen and oxygen atoms in total. The summed E-state index contributed by atoms with van der Waals surface area (Å²) in [6.45, 7) is 1.09. The predicted molar refractivity (Wildman–Crippen MR) is 95.8 cm³/mol. The summed E-state index contributed by atoms with van der Waals surface area (Å²) in [5, 5.41) is 5.99. The molecular weight excluding hydrogens is 354 g/mol. The first kappa shape index (κ1) is 16.6. The van der Waals surface area contributed by atoms with Crippen LogP contribution in [0.5, 0.6) is 11.5 Å². The summed E-state index contributed by atoms with van der Waals surface area (Å²) in [7, 11) is 3.12. The lowest BCUT2D eigenvalue weighted by Crippen LogP contribution is -2.48. The maximum atomic E-state index is 12.7. The first-order valence-corrected chi connectivity index (χ1v) is 8.95. The van der Waals surface area contributed by atoms with E-state index in [0.717, 1.165) is 4.88 Å². The van der Waals surface area contributed by atoms with Crippen LogP contribution in [0.3, 0.4) is 0 Å². The average molecular weight is 371 g/mol. The quantitative estimate of drug-likeness (QED) is 0.686. The van der Waals surface area contributed by atoms with Crippen LogP contribution in [-0.4, -0.2) is 48.3 Å². The molecule has 3 heterocycles. The van der Waals surface area contributed by atoms with Crippen LogP contribution in [0.2, 0.25) is 0 Å². The van der Waals surface area contributed by atoms with Crippen LogP contribution in [0.25, 0.3) is 10.7 Å². The minimum Gasteiger partial charge on any atom is -0.497 e. The lowest BCUT2D eigenvalue weighted by atomic mass is 9.98. The van der Waals surface area contributed by atoms with Gasteiger partial charge in [-0.2, -0.15) is 4.98 Å². The van der Waals surface area contributed by atoms with Crippen LogP contribution in [0.1, 0.15) is 22.2 Å². The molecule has 0 N–H and O–H groups in total. The number of hydrogen-bond acceptors (Lipinski definition) is 7. The lowest BCUT2D eigenvalue weighted by molar-refractivity contribution is 0.0568. The number of rotatable bonds is 5. The second-order valence-electron chi connectivity index (χ2n) is 5.94. The van der Waals surface area contributed by atoms with Gasteiger partial charge in [-0.3, -0.25) is 4.79 Å². The van der Waals surface area contributed by atoms with Crippen molar-refractivity contribution >= 4 is 17.2 Å². The second-order valence-corrected chi connectivity index (χ2v) is 6.89. The molecule has 0 spiro atoms. The molecule has 1 amide bonds. The molecule has 0 saturated carbocycles. The van der Waals surface area contributed by atoms with Crippen molar-refractivity contribution in [3.05, 3.63) is 47.2 Å². The fraction of sp³-hybridized carbons (Fsp3) is 0.278. The van der Waals surface area contributed by atoms with E-state index in [4.69, 9.17) is 14.0 Å².